The quantitative estimate of drug-likeness (QED) is 0.129. The van der Waals surface area contributed by atoms with Gasteiger partial charge in [-0.05, 0) is 51.9 Å². The van der Waals surface area contributed by atoms with Crippen molar-refractivity contribution in [2.45, 2.75) is 155 Å². The SMILES string of the molecule is CCCCNCCCCCCCCCCCCCCCCCCCCNCCCC. The van der Waals surface area contributed by atoms with Crippen molar-refractivity contribution in [1.29, 1.82) is 0 Å². The first-order chi connectivity index (χ1) is 14.9. The normalized spacial score (nSPS) is 11.4. The highest BCUT2D eigenvalue weighted by Gasteiger charge is 1.96. The zero-order chi connectivity index (χ0) is 21.8. The van der Waals surface area contributed by atoms with Crippen molar-refractivity contribution in [3.05, 3.63) is 0 Å². The molecular weight excluding hydrogens is 364 g/mol. The Hall–Kier alpha value is -0.0800. The summed E-state index contributed by atoms with van der Waals surface area (Å²) in [6.45, 7) is 9.43. The summed E-state index contributed by atoms with van der Waals surface area (Å²) in [5.74, 6) is 0. The molecule has 0 amide bonds. The van der Waals surface area contributed by atoms with Gasteiger partial charge in [0.15, 0.2) is 0 Å². The second-order valence-electron chi connectivity index (χ2n) is 9.57. The number of rotatable bonds is 27. The van der Waals surface area contributed by atoms with Crippen LogP contribution < -0.4 is 10.6 Å². The molecule has 0 fully saturated rings. The van der Waals surface area contributed by atoms with E-state index in [1.807, 2.05) is 0 Å². The molecule has 0 aliphatic rings. The topological polar surface area (TPSA) is 24.1 Å². The van der Waals surface area contributed by atoms with E-state index in [0.717, 1.165) is 0 Å². The van der Waals surface area contributed by atoms with Crippen LogP contribution >= 0.6 is 0 Å². The van der Waals surface area contributed by atoms with E-state index in [0.29, 0.717) is 0 Å². The third-order valence-corrected chi connectivity index (χ3v) is 6.37. The predicted octanol–water partition coefficient (Wildman–Crippen LogP) is 8.79. The lowest BCUT2D eigenvalue weighted by Gasteiger charge is -2.05. The maximum atomic E-state index is 3.55. The summed E-state index contributed by atoms with van der Waals surface area (Å²) >= 11 is 0. The van der Waals surface area contributed by atoms with Gasteiger partial charge in [0.2, 0.25) is 0 Å². The van der Waals surface area contributed by atoms with Crippen molar-refractivity contribution in [2.24, 2.45) is 0 Å². The van der Waals surface area contributed by atoms with Crippen LogP contribution in [0.4, 0.5) is 0 Å². The molecule has 0 heterocycles. The predicted molar refractivity (Wildman–Crippen MR) is 139 cm³/mol. The summed E-state index contributed by atoms with van der Waals surface area (Å²) in [6, 6.07) is 0. The van der Waals surface area contributed by atoms with Gasteiger partial charge in [0.05, 0.1) is 0 Å². The summed E-state index contributed by atoms with van der Waals surface area (Å²) in [5.41, 5.74) is 0. The van der Waals surface area contributed by atoms with Crippen LogP contribution in [-0.2, 0) is 0 Å². The van der Waals surface area contributed by atoms with Crippen molar-refractivity contribution in [3.63, 3.8) is 0 Å². The lowest BCUT2D eigenvalue weighted by Crippen LogP contribution is -2.16. The molecule has 0 bridgehead atoms. The third-order valence-electron chi connectivity index (χ3n) is 6.37. The van der Waals surface area contributed by atoms with Crippen molar-refractivity contribution in [3.8, 4) is 0 Å². The van der Waals surface area contributed by atoms with Gasteiger partial charge in [0.25, 0.3) is 0 Å². The Morgan fingerprint density at radius 1 is 0.267 bits per heavy atom. The average molecular weight is 425 g/mol. The number of unbranched alkanes of at least 4 members (excludes halogenated alkanes) is 19. The molecule has 0 aliphatic carbocycles. The second kappa shape index (κ2) is 28.9. The van der Waals surface area contributed by atoms with Crippen molar-refractivity contribution < 1.29 is 0 Å². The Balaban J connectivity index is 2.97. The van der Waals surface area contributed by atoms with Crippen LogP contribution in [-0.4, -0.2) is 26.2 Å². The molecule has 182 valence electrons. The van der Waals surface area contributed by atoms with Crippen molar-refractivity contribution >= 4 is 0 Å². The smallest absolute Gasteiger partial charge is 0.00489 e. The molecule has 0 saturated carbocycles. The van der Waals surface area contributed by atoms with Gasteiger partial charge < -0.3 is 10.6 Å². The van der Waals surface area contributed by atoms with Gasteiger partial charge >= 0.3 is 0 Å². The van der Waals surface area contributed by atoms with Gasteiger partial charge in [-0.3, -0.25) is 0 Å². The Morgan fingerprint density at radius 2 is 0.467 bits per heavy atom. The van der Waals surface area contributed by atoms with Crippen LogP contribution in [0, 0.1) is 0 Å². The molecule has 2 nitrogen and oxygen atoms in total. The Labute approximate surface area is 192 Å². The first kappa shape index (κ1) is 29.9. The van der Waals surface area contributed by atoms with E-state index in [1.165, 1.54) is 167 Å². The van der Waals surface area contributed by atoms with Crippen LogP contribution in [0.5, 0.6) is 0 Å². The van der Waals surface area contributed by atoms with E-state index in [9.17, 15) is 0 Å². The first-order valence-electron chi connectivity index (χ1n) is 14.3. The summed E-state index contributed by atoms with van der Waals surface area (Å²) in [5, 5.41) is 7.10. The van der Waals surface area contributed by atoms with Crippen molar-refractivity contribution in [2.75, 3.05) is 26.2 Å². The lowest BCUT2D eigenvalue weighted by molar-refractivity contribution is 0.517. The molecule has 0 radical (unpaired) electrons. The molecule has 2 heteroatoms. The van der Waals surface area contributed by atoms with Crippen LogP contribution in [0.1, 0.15) is 155 Å². The van der Waals surface area contributed by atoms with Crippen LogP contribution in [0.25, 0.3) is 0 Å². The molecule has 0 unspecified atom stereocenters. The fourth-order valence-corrected chi connectivity index (χ4v) is 4.18. The van der Waals surface area contributed by atoms with Gasteiger partial charge in [-0.1, -0.05) is 129 Å². The van der Waals surface area contributed by atoms with E-state index < -0.39 is 0 Å². The molecule has 0 aliphatic heterocycles. The van der Waals surface area contributed by atoms with Gasteiger partial charge in [-0.25, -0.2) is 0 Å². The molecule has 30 heavy (non-hydrogen) atoms. The molecule has 2 N–H and O–H groups in total. The molecular formula is C28H60N2. The van der Waals surface area contributed by atoms with Crippen molar-refractivity contribution in [1.82, 2.24) is 10.6 Å². The highest BCUT2D eigenvalue weighted by Crippen LogP contribution is 2.14. The zero-order valence-electron chi connectivity index (χ0n) is 21.4. The largest absolute Gasteiger partial charge is 0.317 e. The minimum Gasteiger partial charge on any atom is -0.317 e. The van der Waals surface area contributed by atoms with Gasteiger partial charge in [-0.2, -0.15) is 0 Å². The van der Waals surface area contributed by atoms with E-state index in [-0.39, 0.29) is 0 Å². The molecule has 0 rings (SSSR count). The van der Waals surface area contributed by atoms with E-state index in [1.54, 1.807) is 0 Å². The molecule has 0 saturated heterocycles. The minimum absolute atomic E-state index is 1.22. The second-order valence-corrected chi connectivity index (χ2v) is 9.57. The van der Waals surface area contributed by atoms with Gasteiger partial charge in [0.1, 0.15) is 0 Å². The zero-order valence-corrected chi connectivity index (χ0v) is 21.4. The minimum atomic E-state index is 1.22. The summed E-state index contributed by atoms with van der Waals surface area (Å²) in [6.07, 6.45) is 31.5. The molecule has 0 atom stereocenters. The van der Waals surface area contributed by atoms with Crippen LogP contribution in [0.15, 0.2) is 0 Å². The number of hydrogen-bond donors (Lipinski definition) is 2. The highest BCUT2D eigenvalue weighted by atomic mass is 14.8. The fourth-order valence-electron chi connectivity index (χ4n) is 4.18. The molecule has 0 aromatic heterocycles. The first-order valence-corrected chi connectivity index (χ1v) is 14.3. The Kier molecular flexibility index (Phi) is 28.8. The average Bonchev–Trinajstić information content (AvgIpc) is 2.76. The maximum Gasteiger partial charge on any atom is -0.00489 e. The van der Waals surface area contributed by atoms with Gasteiger partial charge in [0, 0.05) is 0 Å². The highest BCUT2D eigenvalue weighted by molar-refractivity contribution is 4.53. The van der Waals surface area contributed by atoms with Crippen LogP contribution in [0.2, 0.25) is 0 Å². The monoisotopic (exact) mass is 424 g/mol. The molecule has 0 spiro atoms. The third kappa shape index (κ3) is 27.9. The van der Waals surface area contributed by atoms with E-state index >= 15 is 0 Å². The fraction of sp³-hybridized carbons (Fsp3) is 1.00. The summed E-state index contributed by atoms with van der Waals surface area (Å²) in [7, 11) is 0. The Morgan fingerprint density at radius 3 is 0.700 bits per heavy atom. The summed E-state index contributed by atoms with van der Waals surface area (Å²) < 4.78 is 0. The standard InChI is InChI=1S/C28H60N2/c1-3-5-25-29-27-23-21-19-17-15-13-11-9-7-8-10-12-14-16-18-20-22-24-28-30-26-6-4-2/h29-30H,3-28H2,1-2H3. The summed E-state index contributed by atoms with van der Waals surface area (Å²) in [4.78, 5) is 0. The lowest BCUT2D eigenvalue weighted by atomic mass is 10.0. The Bertz CT molecular complexity index is 252. The maximum absolute atomic E-state index is 3.55. The number of nitrogens with one attached hydrogen (secondary N) is 2. The number of hydrogen-bond acceptors (Lipinski definition) is 2. The van der Waals surface area contributed by atoms with E-state index in [2.05, 4.69) is 24.5 Å². The van der Waals surface area contributed by atoms with Gasteiger partial charge in [-0.15, -0.1) is 0 Å². The van der Waals surface area contributed by atoms with E-state index in [4.69, 9.17) is 0 Å². The van der Waals surface area contributed by atoms with Crippen LogP contribution in [0.3, 0.4) is 0 Å². The molecule has 0 aromatic rings. The molecule has 0 aromatic carbocycles.